The Morgan fingerprint density at radius 1 is 0.256 bits per heavy atom. The van der Waals surface area contributed by atoms with Gasteiger partial charge in [0.05, 0.1) is 0 Å². The molecule has 1 atom stereocenters. The number of carbonyl (C=O) groups excluding carboxylic acids is 3. The predicted octanol–water partition coefficient (Wildman–Crippen LogP) is 23.3. The van der Waals surface area contributed by atoms with E-state index in [4.69, 9.17) is 14.2 Å². The van der Waals surface area contributed by atoms with Gasteiger partial charge in [-0.3, -0.25) is 14.4 Å². The lowest BCUT2D eigenvalue weighted by atomic mass is 10.0. The Bertz CT molecular complexity index is 1830. The van der Waals surface area contributed by atoms with Crippen LogP contribution in [0.4, 0.5) is 0 Å². The Morgan fingerprint density at radius 3 is 0.756 bits per heavy atom. The standard InChI is InChI=1S/C76H122O6/c1-4-7-10-13-16-19-22-25-28-31-32-33-34-35-36-37-38-39-40-41-42-43-44-46-48-51-54-57-60-63-66-69-75(78)81-72-73(71-80-74(77)68-65-62-59-56-53-50-47-30-27-24-21-18-15-12-9-6-3)82-76(79)70-67-64-61-58-55-52-49-45-29-26-23-20-17-14-11-8-5-2/h7-8,10-11,16-17,19-20,25-26,28-29,32-33,35-36,38-39,41-42,44,46,49,51-52,54,73H,4-6,9,12-15,18,21-24,27,30-31,34,37,40,43,45,47-48,50,53,55-72H2,1-3H3/b10-7-,11-8-,19-16-,20-17-,28-25-,29-26-,33-32-,36-35-,39-38-,42-41-,46-44-,52-49-,54-51-. The van der Waals surface area contributed by atoms with Crippen LogP contribution in [0.2, 0.25) is 0 Å². The van der Waals surface area contributed by atoms with Crippen LogP contribution in [0.15, 0.2) is 158 Å². The van der Waals surface area contributed by atoms with Gasteiger partial charge in [-0.2, -0.15) is 0 Å². The van der Waals surface area contributed by atoms with Gasteiger partial charge >= 0.3 is 17.9 Å². The maximum Gasteiger partial charge on any atom is 0.306 e. The molecule has 0 amide bonds. The van der Waals surface area contributed by atoms with Crippen molar-refractivity contribution in [1.82, 2.24) is 0 Å². The Labute approximate surface area is 505 Å². The summed E-state index contributed by atoms with van der Waals surface area (Å²) < 4.78 is 16.9. The molecular formula is C76H122O6. The lowest BCUT2D eigenvalue weighted by Crippen LogP contribution is -2.30. The monoisotopic (exact) mass is 1130 g/mol. The maximum atomic E-state index is 12.9. The Morgan fingerprint density at radius 2 is 0.476 bits per heavy atom. The molecular weight excluding hydrogens is 1010 g/mol. The minimum Gasteiger partial charge on any atom is -0.462 e. The van der Waals surface area contributed by atoms with Crippen molar-refractivity contribution in [2.75, 3.05) is 13.2 Å². The van der Waals surface area contributed by atoms with Crippen LogP contribution in [0.5, 0.6) is 0 Å². The summed E-state index contributed by atoms with van der Waals surface area (Å²) >= 11 is 0. The van der Waals surface area contributed by atoms with Crippen LogP contribution in [0, 0.1) is 0 Å². The second-order valence-corrected chi connectivity index (χ2v) is 21.6. The smallest absolute Gasteiger partial charge is 0.306 e. The fourth-order valence-corrected chi connectivity index (χ4v) is 8.84. The first-order valence-corrected chi connectivity index (χ1v) is 33.5. The third kappa shape index (κ3) is 65.8. The zero-order chi connectivity index (χ0) is 59.2. The van der Waals surface area contributed by atoms with Crippen molar-refractivity contribution >= 4 is 17.9 Å². The number of hydrogen-bond donors (Lipinski definition) is 0. The van der Waals surface area contributed by atoms with Crippen molar-refractivity contribution in [2.45, 2.75) is 290 Å². The van der Waals surface area contributed by atoms with Crippen molar-refractivity contribution in [3.05, 3.63) is 158 Å². The van der Waals surface area contributed by atoms with Crippen LogP contribution in [0.25, 0.3) is 0 Å². The van der Waals surface area contributed by atoms with Crippen LogP contribution < -0.4 is 0 Å². The number of esters is 3. The molecule has 82 heavy (non-hydrogen) atoms. The van der Waals surface area contributed by atoms with Gasteiger partial charge in [0.25, 0.3) is 0 Å². The number of unbranched alkanes of at least 4 members (excludes halogenated alkanes) is 22. The van der Waals surface area contributed by atoms with Crippen LogP contribution in [0.1, 0.15) is 284 Å². The van der Waals surface area contributed by atoms with Crippen molar-refractivity contribution in [2.24, 2.45) is 0 Å². The molecule has 0 fully saturated rings. The van der Waals surface area contributed by atoms with E-state index in [1.807, 2.05) is 0 Å². The summed E-state index contributed by atoms with van der Waals surface area (Å²) in [6.07, 6.45) is 99.7. The van der Waals surface area contributed by atoms with Gasteiger partial charge < -0.3 is 14.2 Å². The van der Waals surface area contributed by atoms with E-state index in [0.29, 0.717) is 12.8 Å². The van der Waals surface area contributed by atoms with Crippen LogP contribution >= 0.6 is 0 Å². The van der Waals surface area contributed by atoms with E-state index in [9.17, 15) is 14.4 Å². The quantitative estimate of drug-likeness (QED) is 0.0261. The predicted molar refractivity (Wildman–Crippen MR) is 357 cm³/mol. The van der Waals surface area contributed by atoms with Gasteiger partial charge in [0, 0.05) is 19.3 Å². The molecule has 0 saturated heterocycles. The fourth-order valence-electron chi connectivity index (χ4n) is 8.84. The largest absolute Gasteiger partial charge is 0.462 e. The van der Waals surface area contributed by atoms with Gasteiger partial charge in [-0.05, 0) is 128 Å². The first kappa shape index (κ1) is 77.0. The van der Waals surface area contributed by atoms with E-state index in [-0.39, 0.29) is 37.5 Å². The van der Waals surface area contributed by atoms with Crippen LogP contribution in [0.3, 0.4) is 0 Å². The van der Waals surface area contributed by atoms with E-state index in [0.717, 1.165) is 161 Å². The summed E-state index contributed by atoms with van der Waals surface area (Å²) in [6, 6.07) is 0. The molecule has 0 N–H and O–H groups in total. The van der Waals surface area contributed by atoms with Crippen molar-refractivity contribution in [1.29, 1.82) is 0 Å². The average Bonchev–Trinajstić information content (AvgIpc) is 3.48. The van der Waals surface area contributed by atoms with Gasteiger partial charge in [0.2, 0.25) is 0 Å². The second kappa shape index (κ2) is 68.5. The molecule has 0 aromatic heterocycles. The number of allylic oxidation sites excluding steroid dienone is 26. The Kier molecular flexibility index (Phi) is 64.4. The Hall–Kier alpha value is -4.97. The molecule has 0 spiro atoms. The molecule has 462 valence electrons. The fraction of sp³-hybridized carbons (Fsp3) is 0.618. The van der Waals surface area contributed by atoms with Gasteiger partial charge in [0.15, 0.2) is 6.10 Å². The molecule has 0 saturated carbocycles. The molecule has 6 heteroatoms. The highest BCUT2D eigenvalue weighted by molar-refractivity contribution is 5.71. The molecule has 0 bridgehead atoms. The van der Waals surface area contributed by atoms with E-state index >= 15 is 0 Å². The lowest BCUT2D eigenvalue weighted by molar-refractivity contribution is -0.167. The summed E-state index contributed by atoms with van der Waals surface area (Å²) in [7, 11) is 0. The lowest BCUT2D eigenvalue weighted by Gasteiger charge is -2.18. The van der Waals surface area contributed by atoms with Gasteiger partial charge in [0.1, 0.15) is 13.2 Å². The van der Waals surface area contributed by atoms with E-state index in [1.54, 1.807) is 0 Å². The number of hydrogen-bond acceptors (Lipinski definition) is 6. The summed E-state index contributed by atoms with van der Waals surface area (Å²) in [5.74, 6) is -0.959. The number of ether oxygens (including phenoxy) is 3. The molecule has 0 rings (SSSR count). The van der Waals surface area contributed by atoms with E-state index < -0.39 is 6.10 Å². The molecule has 0 aliphatic heterocycles. The van der Waals surface area contributed by atoms with Gasteiger partial charge in [-0.1, -0.05) is 294 Å². The van der Waals surface area contributed by atoms with E-state index in [2.05, 4.69) is 179 Å². The summed E-state index contributed by atoms with van der Waals surface area (Å²) in [5.41, 5.74) is 0. The van der Waals surface area contributed by atoms with Gasteiger partial charge in [-0.15, -0.1) is 0 Å². The summed E-state index contributed by atoms with van der Waals surface area (Å²) in [6.45, 7) is 6.38. The SMILES string of the molecule is CC/C=C\C/C=C\C/C=C\C/C=C\C/C=C\C/C=C\C/C=C\C/C=C\C/C=C\CCCCCC(=O)OCC(COC(=O)CCCCCCCCCCCCCCCCCC)OC(=O)CCCCCC/C=C\C/C=C\C/C=C\C/C=C\CC. The number of rotatable bonds is 59. The highest BCUT2D eigenvalue weighted by Crippen LogP contribution is 2.16. The molecule has 0 radical (unpaired) electrons. The summed E-state index contributed by atoms with van der Waals surface area (Å²) in [4.78, 5) is 38.4. The molecule has 0 aromatic rings. The minimum atomic E-state index is -0.812. The first-order valence-electron chi connectivity index (χ1n) is 33.5. The zero-order valence-electron chi connectivity index (χ0n) is 52.9. The first-order chi connectivity index (χ1) is 40.5. The molecule has 0 aliphatic carbocycles. The van der Waals surface area contributed by atoms with Crippen LogP contribution in [-0.2, 0) is 28.6 Å². The molecule has 0 aliphatic rings. The normalized spacial score (nSPS) is 13.2. The maximum absolute atomic E-state index is 12.9. The summed E-state index contributed by atoms with van der Waals surface area (Å²) in [5, 5.41) is 0. The highest BCUT2D eigenvalue weighted by atomic mass is 16.6. The highest BCUT2D eigenvalue weighted by Gasteiger charge is 2.19. The average molecular weight is 1130 g/mol. The van der Waals surface area contributed by atoms with E-state index in [1.165, 1.54) is 83.5 Å². The van der Waals surface area contributed by atoms with Crippen molar-refractivity contribution in [3.63, 3.8) is 0 Å². The molecule has 1 unspecified atom stereocenters. The molecule has 0 aromatic carbocycles. The van der Waals surface area contributed by atoms with Crippen molar-refractivity contribution in [3.8, 4) is 0 Å². The second-order valence-electron chi connectivity index (χ2n) is 21.6. The third-order valence-corrected chi connectivity index (χ3v) is 13.8. The van der Waals surface area contributed by atoms with Crippen LogP contribution in [-0.4, -0.2) is 37.2 Å². The molecule has 0 heterocycles. The van der Waals surface area contributed by atoms with Gasteiger partial charge in [-0.25, -0.2) is 0 Å². The number of carbonyl (C=O) groups is 3. The Balaban J connectivity index is 4.45. The third-order valence-electron chi connectivity index (χ3n) is 13.8. The molecule has 6 nitrogen and oxygen atoms in total. The zero-order valence-corrected chi connectivity index (χ0v) is 52.9. The van der Waals surface area contributed by atoms with Crippen molar-refractivity contribution < 1.29 is 28.6 Å². The minimum absolute atomic E-state index is 0.102. The topological polar surface area (TPSA) is 78.9 Å².